The van der Waals surface area contributed by atoms with E-state index >= 15 is 0 Å². The van der Waals surface area contributed by atoms with Crippen molar-refractivity contribution in [3.63, 3.8) is 0 Å². The van der Waals surface area contributed by atoms with Crippen LogP contribution >= 0.6 is 0 Å². The van der Waals surface area contributed by atoms with Gasteiger partial charge in [-0.15, -0.1) is 0 Å². The zero-order valence-electron chi connectivity index (χ0n) is 12.1. The second-order valence-corrected chi connectivity index (χ2v) is 4.88. The zero-order chi connectivity index (χ0) is 15.7. The standard InChI is InChI=1S/C15H13N3O4/c1-9-4-3-5-18-13(19)7-11(16-14(9)18)8-21-15(20)12-6-10(2)17-22-12/h3-7H,8H2,1-2H3. The van der Waals surface area contributed by atoms with Gasteiger partial charge in [-0.1, -0.05) is 11.2 Å². The first-order valence-corrected chi connectivity index (χ1v) is 6.63. The average Bonchev–Trinajstić information content (AvgIpc) is 2.93. The number of rotatable bonds is 3. The summed E-state index contributed by atoms with van der Waals surface area (Å²) < 4.78 is 11.3. The molecule has 0 aliphatic heterocycles. The van der Waals surface area contributed by atoms with Crippen molar-refractivity contribution in [3.8, 4) is 0 Å². The highest BCUT2D eigenvalue weighted by Gasteiger charge is 2.14. The number of aryl methyl sites for hydroxylation is 2. The van der Waals surface area contributed by atoms with Gasteiger partial charge < -0.3 is 9.26 Å². The van der Waals surface area contributed by atoms with E-state index in [1.165, 1.54) is 16.5 Å². The van der Waals surface area contributed by atoms with E-state index in [9.17, 15) is 9.59 Å². The maximum absolute atomic E-state index is 12.0. The Morgan fingerprint density at radius 3 is 2.91 bits per heavy atom. The fraction of sp³-hybridized carbons (Fsp3) is 0.200. The summed E-state index contributed by atoms with van der Waals surface area (Å²) in [5.41, 5.74) is 2.14. The smallest absolute Gasteiger partial charge is 0.377 e. The summed E-state index contributed by atoms with van der Waals surface area (Å²) in [6.07, 6.45) is 1.64. The number of carbonyl (C=O) groups excluding carboxylic acids is 1. The molecule has 3 heterocycles. The monoisotopic (exact) mass is 299 g/mol. The van der Waals surface area contributed by atoms with E-state index in [-0.39, 0.29) is 17.9 Å². The minimum atomic E-state index is -0.646. The van der Waals surface area contributed by atoms with Crippen molar-refractivity contribution in [1.82, 2.24) is 14.5 Å². The van der Waals surface area contributed by atoms with Crippen molar-refractivity contribution in [2.45, 2.75) is 20.5 Å². The number of pyridine rings is 1. The number of fused-ring (bicyclic) bond motifs is 1. The Bertz CT molecular complexity index is 911. The number of hydrogen-bond acceptors (Lipinski definition) is 6. The van der Waals surface area contributed by atoms with Crippen LogP contribution in [0.5, 0.6) is 0 Å². The van der Waals surface area contributed by atoms with Crippen LogP contribution in [0.3, 0.4) is 0 Å². The topological polar surface area (TPSA) is 86.7 Å². The van der Waals surface area contributed by atoms with Crippen LogP contribution in [0.1, 0.15) is 27.5 Å². The van der Waals surface area contributed by atoms with Crippen LogP contribution in [-0.2, 0) is 11.3 Å². The third kappa shape index (κ3) is 2.60. The first-order valence-electron chi connectivity index (χ1n) is 6.63. The van der Waals surface area contributed by atoms with Crippen molar-refractivity contribution in [1.29, 1.82) is 0 Å². The number of esters is 1. The average molecular weight is 299 g/mol. The second kappa shape index (κ2) is 5.44. The van der Waals surface area contributed by atoms with E-state index in [2.05, 4.69) is 10.1 Å². The SMILES string of the molecule is Cc1cc(C(=O)OCc2cc(=O)n3cccc(C)c3n2)on1. The number of carbonyl (C=O) groups is 1. The summed E-state index contributed by atoms with van der Waals surface area (Å²) in [5, 5.41) is 3.61. The number of aromatic nitrogens is 3. The zero-order valence-corrected chi connectivity index (χ0v) is 12.1. The predicted octanol–water partition coefficient (Wildman–Crippen LogP) is 1.66. The summed E-state index contributed by atoms with van der Waals surface area (Å²) in [6.45, 7) is 3.45. The summed E-state index contributed by atoms with van der Waals surface area (Å²) >= 11 is 0. The van der Waals surface area contributed by atoms with E-state index in [0.717, 1.165) is 5.56 Å². The van der Waals surface area contributed by atoms with Crippen LogP contribution in [0.4, 0.5) is 0 Å². The van der Waals surface area contributed by atoms with Gasteiger partial charge in [0.05, 0.1) is 11.4 Å². The van der Waals surface area contributed by atoms with Gasteiger partial charge in [0, 0.05) is 18.3 Å². The lowest BCUT2D eigenvalue weighted by Crippen LogP contribution is -2.17. The molecule has 3 aromatic heterocycles. The van der Waals surface area contributed by atoms with Gasteiger partial charge in [0.2, 0.25) is 5.76 Å². The second-order valence-electron chi connectivity index (χ2n) is 4.88. The van der Waals surface area contributed by atoms with Gasteiger partial charge in [0.15, 0.2) is 0 Å². The molecule has 0 atom stereocenters. The van der Waals surface area contributed by atoms with Crippen LogP contribution in [0, 0.1) is 13.8 Å². The van der Waals surface area contributed by atoms with Crippen molar-refractivity contribution in [3.05, 3.63) is 63.5 Å². The summed E-state index contributed by atoms with van der Waals surface area (Å²) in [7, 11) is 0. The van der Waals surface area contributed by atoms with E-state index in [4.69, 9.17) is 9.26 Å². The van der Waals surface area contributed by atoms with E-state index in [1.807, 2.05) is 13.0 Å². The van der Waals surface area contributed by atoms with Crippen LogP contribution in [0.15, 0.2) is 39.8 Å². The van der Waals surface area contributed by atoms with Crippen LogP contribution in [0.2, 0.25) is 0 Å². The molecule has 0 fully saturated rings. The lowest BCUT2D eigenvalue weighted by atomic mass is 10.3. The molecule has 22 heavy (non-hydrogen) atoms. The fourth-order valence-corrected chi connectivity index (χ4v) is 2.05. The summed E-state index contributed by atoms with van der Waals surface area (Å²) in [5.74, 6) is -0.626. The Balaban J connectivity index is 1.84. The molecule has 0 saturated carbocycles. The van der Waals surface area contributed by atoms with E-state index < -0.39 is 5.97 Å². The van der Waals surface area contributed by atoms with E-state index in [1.54, 1.807) is 19.2 Å². The molecule has 0 aliphatic carbocycles. The maximum atomic E-state index is 12.0. The Kier molecular flexibility index (Phi) is 3.46. The van der Waals surface area contributed by atoms with Gasteiger partial charge in [-0.05, 0) is 25.5 Å². The molecule has 0 radical (unpaired) electrons. The van der Waals surface area contributed by atoms with Crippen LogP contribution in [0.25, 0.3) is 5.65 Å². The number of hydrogen-bond donors (Lipinski definition) is 0. The summed E-state index contributed by atoms with van der Waals surface area (Å²) in [6, 6.07) is 6.45. The van der Waals surface area contributed by atoms with Crippen LogP contribution in [-0.4, -0.2) is 20.5 Å². The minimum absolute atomic E-state index is 0.0196. The van der Waals surface area contributed by atoms with Gasteiger partial charge >= 0.3 is 5.97 Å². The molecule has 0 bridgehead atoms. The molecule has 0 amide bonds. The Morgan fingerprint density at radius 2 is 2.18 bits per heavy atom. The van der Waals surface area contributed by atoms with Crippen LogP contribution < -0.4 is 5.56 Å². The van der Waals surface area contributed by atoms with Gasteiger partial charge in [-0.2, -0.15) is 0 Å². The van der Waals surface area contributed by atoms with Crippen molar-refractivity contribution in [2.75, 3.05) is 0 Å². The molecule has 3 aromatic rings. The molecular formula is C15H13N3O4. The highest BCUT2D eigenvalue weighted by Crippen LogP contribution is 2.08. The molecule has 7 nitrogen and oxygen atoms in total. The molecule has 3 rings (SSSR count). The largest absolute Gasteiger partial charge is 0.453 e. The first-order chi connectivity index (χ1) is 10.5. The molecule has 0 spiro atoms. The third-order valence-corrected chi connectivity index (χ3v) is 3.12. The molecule has 112 valence electrons. The van der Waals surface area contributed by atoms with E-state index in [0.29, 0.717) is 17.0 Å². The predicted molar refractivity (Wildman–Crippen MR) is 76.6 cm³/mol. The maximum Gasteiger partial charge on any atom is 0.377 e. The Labute approximate surface area is 125 Å². The summed E-state index contributed by atoms with van der Waals surface area (Å²) in [4.78, 5) is 28.1. The molecule has 0 aromatic carbocycles. The van der Waals surface area contributed by atoms with Gasteiger partial charge in [-0.3, -0.25) is 9.20 Å². The first kappa shape index (κ1) is 14.0. The number of ether oxygens (including phenoxy) is 1. The molecular weight excluding hydrogens is 286 g/mol. The number of nitrogens with zero attached hydrogens (tertiary/aromatic N) is 3. The highest BCUT2D eigenvalue weighted by molar-refractivity contribution is 5.86. The third-order valence-electron chi connectivity index (χ3n) is 3.12. The normalized spacial score (nSPS) is 10.8. The molecule has 0 aliphatic rings. The van der Waals surface area contributed by atoms with Crippen molar-refractivity contribution in [2.24, 2.45) is 0 Å². The quantitative estimate of drug-likeness (QED) is 0.683. The molecule has 0 unspecified atom stereocenters. The Hall–Kier alpha value is -2.96. The van der Waals surface area contributed by atoms with Crippen molar-refractivity contribution < 1.29 is 14.1 Å². The minimum Gasteiger partial charge on any atom is -0.453 e. The highest BCUT2D eigenvalue weighted by atomic mass is 16.6. The molecule has 0 N–H and O–H groups in total. The van der Waals surface area contributed by atoms with Gasteiger partial charge in [0.1, 0.15) is 12.3 Å². The van der Waals surface area contributed by atoms with Gasteiger partial charge in [-0.25, -0.2) is 9.78 Å². The molecule has 0 saturated heterocycles. The molecule has 7 heteroatoms. The van der Waals surface area contributed by atoms with Gasteiger partial charge in [0.25, 0.3) is 5.56 Å². The van der Waals surface area contributed by atoms with Crippen molar-refractivity contribution >= 4 is 11.6 Å². The lowest BCUT2D eigenvalue weighted by Gasteiger charge is -2.06. The fourth-order valence-electron chi connectivity index (χ4n) is 2.05. The lowest BCUT2D eigenvalue weighted by molar-refractivity contribution is 0.0421. The Morgan fingerprint density at radius 1 is 1.36 bits per heavy atom.